The van der Waals surface area contributed by atoms with Gasteiger partial charge < -0.3 is 14.4 Å². The lowest BCUT2D eigenvalue weighted by Gasteiger charge is -2.26. The summed E-state index contributed by atoms with van der Waals surface area (Å²) >= 11 is 0. The lowest BCUT2D eigenvalue weighted by molar-refractivity contribution is -0.132. The number of benzene rings is 1. The Hall–Kier alpha value is -2.63. The number of carbonyl (C=O) groups is 1. The second-order valence-corrected chi connectivity index (χ2v) is 7.52. The molecule has 6 nitrogen and oxygen atoms in total. The number of hydrogen-bond donors (Lipinski definition) is 1. The number of amides is 1. The summed E-state index contributed by atoms with van der Waals surface area (Å²) in [6.07, 6.45) is 5.21. The molecule has 0 bridgehead atoms. The highest BCUT2D eigenvalue weighted by atomic mass is 16.5. The summed E-state index contributed by atoms with van der Waals surface area (Å²) in [5, 5.41) is 5.28. The van der Waals surface area contributed by atoms with E-state index in [1.54, 1.807) is 4.90 Å². The predicted molar refractivity (Wildman–Crippen MR) is 96.7 cm³/mol. The molecule has 1 fully saturated rings. The number of nitrogens with one attached hydrogen (secondary N) is 1. The van der Waals surface area contributed by atoms with Gasteiger partial charge in [0.25, 0.3) is 0 Å². The molecule has 2 heterocycles. The molecular formula is C20H22N4O2. The maximum atomic E-state index is 13.1. The molecule has 0 aliphatic heterocycles. The molecule has 3 aromatic rings. The van der Waals surface area contributed by atoms with E-state index in [-0.39, 0.29) is 11.8 Å². The first-order chi connectivity index (χ1) is 12.7. The Balaban J connectivity index is 1.38. The van der Waals surface area contributed by atoms with Crippen LogP contribution < -0.4 is 0 Å². The van der Waals surface area contributed by atoms with E-state index in [0.29, 0.717) is 18.4 Å². The summed E-state index contributed by atoms with van der Waals surface area (Å²) in [4.78, 5) is 22.8. The molecule has 2 aliphatic rings. The molecule has 1 saturated carbocycles. The quantitative estimate of drug-likeness (QED) is 0.781. The van der Waals surface area contributed by atoms with Gasteiger partial charge in [-0.15, -0.1) is 0 Å². The summed E-state index contributed by atoms with van der Waals surface area (Å²) < 4.78 is 5.33. The van der Waals surface area contributed by atoms with Crippen molar-refractivity contribution < 1.29 is 9.32 Å². The first-order valence-corrected chi connectivity index (χ1v) is 9.37. The third-order valence-corrected chi connectivity index (χ3v) is 5.59. The topological polar surface area (TPSA) is 75.0 Å². The molecule has 0 saturated heterocycles. The Kier molecular flexibility index (Phi) is 3.58. The minimum atomic E-state index is -0.123. The van der Waals surface area contributed by atoms with Gasteiger partial charge in [-0.2, -0.15) is 4.98 Å². The highest BCUT2D eigenvalue weighted by Crippen LogP contribution is 2.39. The minimum Gasteiger partial charge on any atom is -0.357 e. The van der Waals surface area contributed by atoms with Crippen LogP contribution in [0.25, 0.3) is 10.9 Å². The van der Waals surface area contributed by atoms with Crippen LogP contribution in [0.3, 0.4) is 0 Å². The number of aromatic amines is 1. The smallest absolute Gasteiger partial charge is 0.246 e. The molecule has 1 N–H and O–H groups in total. The Bertz CT molecular complexity index is 969. The number of rotatable bonds is 4. The number of likely N-dealkylation sites (N-methyl/N-ethyl adjacent to an activating group) is 1. The van der Waals surface area contributed by atoms with Gasteiger partial charge in [-0.3, -0.25) is 4.79 Å². The molecule has 2 aliphatic carbocycles. The Labute approximate surface area is 151 Å². The highest BCUT2D eigenvalue weighted by Gasteiger charge is 2.33. The van der Waals surface area contributed by atoms with Gasteiger partial charge in [0, 0.05) is 29.6 Å². The van der Waals surface area contributed by atoms with Crippen molar-refractivity contribution in [2.45, 2.75) is 50.5 Å². The van der Waals surface area contributed by atoms with Crippen LogP contribution in [0.5, 0.6) is 0 Å². The number of fused-ring (bicyclic) bond motifs is 3. The fraction of sp³-hybridized carbons (Fsp3) is 0.450. The molecule has 0 spiro atoms. The van der Waals surface area contributed by atoms with Crippen molar-refractivity contribution in [2.75, 3.05) is 7.05 Å². The van der Waals surface area contributed by atoms with Crippen molar-refractivity contribution in [3.8, 4) is 0 Å². The van der Waals surface area contributed by atoms with Crippen LogP contribution in [-0.2, 0) is 17.8 Å². The van der Waals surface area contributed by atoms with Gasteiger partial charge in [0.2, 0.25) is 11.8 Å². The molecule has 26 heavy (non-hydrogen) atoms. The third kappa shape index (κ3) is 2.60. The van der Waals surface area contributed by atoms with E-state index in [0.717, 1.165) is 49.1 Å². The standard InChI is InChI=1S/C20H22N4O2/c1-24(11-17-22-19(23-26-17)12-9-10-12)20(25)15-7-4-6-14-13-5-2-3-8-16(13)21-18(14)15/h2-3,5,8,12,15,21H,4,6-7,9-11H2,1H3/t15-/m1/s1. The van der Waals surface area contributed by atoms with E-state index < -0.39 is 0 Å². The monoisotopic (exact) mass is 350 g/mol. The van der Waals surface area contributed by atoms with Gasteiger partial charge in [-0.25, -0.2) is 0 Å². The van der Waals surface area contributed by atoms with Gasteiger partial charge >= 0.3 is 0 Å². The van der Waals surface area contributed by atoms with E-state index in [1.807, 2.05) is 13.1 Å². The van der Waals surface area contributed by atoms with E-state index in [2.05, 4.69) is 33.3 Å². The maximum Gasteiger partial charge on any atom is 0.246 e. The van der Waals surface area contributed by atoms with E-state index in [4.69, 9.17) is 4.52 Å². The van der Waals surface area contributed by atoms with Crippen molar-refractivity contribution in [1.29, 1.82) is 0 Å². The molecule has 2 aromatic heterocycles. The molecule has 1 atom stereocenters. The van der Waals surface area contributed by atoms with E-state index >= 15 is 0 Å². The second-order valence-electron chi connectivity index (χ2n) is 7.52. The summed E-state index contributed by atoms with van der Waals surface area (Å²) in [5.74, 6) is 1.76. The molecule has 0 unspecified atom stereocenters. The number of H-pyrrole nitrogens is 1. The van der Waals surface area contributed by atoms with Crippen LogP contribution in [0.4, 0.5) is 0 Å². The predicted octanol–water partition coefficient (Wildman–Crippen LogP) is 3.51. The summed E-state index contributed by atoms with van der Waals surface area (Å²) in [7, 11) is 1.82. The largest absolute Gasteiger partial charge is 0.357 e. The minimum absolute atomic E-state index is 0.115. The van der Waals surface area contributed by atoms with Gasteiger partial charge in [0.15, 0.2) is 5.82 Å². The molecule has 5 rings (SSSR count). The number of nitrogens with zero attached hydrogens (tertiary/aromatic N) is 3. The van der Waals surface area contributed by atoms with Crippen LogP contribution in [0, 0.1) is 0 Å². The van der Waals surface area contributed by atoms with Crippen LogP contribution >= 0.6 is 0 Å². The summed E-state index contributed by atoms with van der Waals surface area (Å²) in [6, 6.07) is 8.30. The third-order valence-electron chi connectivity index (χ3n) is 5.59. The maximum absolute atomic E-state index is 13.1. The number of aryl methyl sites for hydroxylation is 1. The molecule has 1 amide bonds. The van der Waals surface area contributed by atoms with Crippen molar-refractivity contribution in [3.63, 3.8) is 0 Å². The second kappa shape index (κ2) is 5.97. The normalized spacial score (nSPS) is 19.5. The number of carbonyl (C=O) groups excluding carboxylic acids is 1. The fourth-order valence-corrected chi connectivity index (χ4v) is 4.05. The van der Waals surface area contributed by atoms with Crippen molar-refractivity contribution in [1.82, 2.24) is 20.0 Å². The van der Waals surface area contributed by atoms with E-state index in [9.17, 15) is 4.79 Å². The lowest BCUT2D eigenvalue weighted by atomic mass is 9.86. The lowest BCUT2D eigenvalue weighted by Crippen LogP contribution is -2.33. The Morgan fingerprint density at radius 2 is 2.15 bits per heavy atom. The van der Waals surface area contributed by atoms with Crippen LogP contribution in [0.1, 0.15) is 60.5 Å². The summed E-state index contributed by atoms with van der Waals surface area (Å²) in [6.45, 7) is 0.366. The molecule has 0 radical (unpaired) electrons. The summed E-state index contributed by atoms with van der Waals surface area (Å²) in [5.41, 5.74) is 3.50. The number of para-hydroxylation sites is 1. The molecule has 1 aromatic carbocycles. The van der Waals surface area contributed by atoms with Gasteiger partial charge in [0.05, 0.1) is 12.5 Å². The Morgan fingerprint density at radius 1 is 1.31 bits per heavy atom. The molecule has 134 valence electrons. The van der Waals surface area contributed by atoms with Crippen molar-refractivity contribution >= 4 is 16.8 Å². The van der Waals surface area contributed by atoms with E-state index in [1.165, 1.54) is 10.9 Å². The fourth-order valence-electron chi connectivity index (χ4n) is 4.05. The molecule has 6 heteroatoms. The van der Waals surface area contributed by atoms with Crippen molar-refractivity contribution in [2.24, 2.45) is 0 Å². The average molecular weight is 350 g/mol. The highest BCUT2D eigenvalue weighted by molar-refractivity contribution is 5.90. The van der Waals surface area contributed by atoms with Crippen LogP contribution in [0.15, 0.2) is 28.8 Å². The van der Waals surface area contributed by atoms with Crippen molar-refractivity contribution in [3.05, 3.63) is 47.2 Å². The zero-order chi connectivity index (χ0) is 17.7. The Morgan fingerprint density at radius 3 is 3.00 bits per heavy atom. The van der Waals surface area contributed by atoms with Crippen LogP contribution in [0.2, 0.25) is 0 Å². The SMILES string of the molecule is CN(Cc1nc(C2CC2)no1)C(=O)[C@@H]1CCCc2c1[nH]c1ccccc21. The van der Waals surface area contributed by atoms with Gasteiger partial charge in [-0.05, 0) is 43.7 Å². The van der Waals surface area contributed by atoms with Gasteiger partial charge in [-0.1, -0.05) is 23.4 Å². The molecular weight excluding hydrogens is 328 g/mol. The first-order valence-electron chi connectivity index (χ1n) is 9.37. The van der Waals surface area contributed by atoms with Gasteiger partial charge in [0.1, 0.15) is 0 Å². The van der Waals surface area contributed by atoms with Crippen LogP contribution in [-0.4, -0.2) is 33.0 Å². The average Bonchev–Trinajstić information content (AvgIpc) is 3.29. The zero-order valence-electron chi connectivity index (χ0n) is 14.9. The first kappa shape index (κ1) is 15.6. The number of aromatic nitrogens is 3. The number of hydrogen-bond acceptors (Lipinski definition) is 4. The zero-order valence-corrected chi connectivity index (χ0v) is 14.9.